The largest absolute Gasteiger partial charge is 0.349 e. The lowest BCUT2D eigenvalue weighted by molar-refractivity contribution is 0.0932. The molecular formula is C25H30N4O2. The molecule has 1 unspecified atom stereocenters. The molecule has 2 heterocycles. The Hall–Kier alpha value is -3.15. The van der Waals surface area contributed by atoms with E-state index in [1.165, 1.54) is 11.1 Å². The molecule has 0 fully saturated rings. The Morgan fingerprint density at radius 1 is 1.13 bits per heavy atom. The number of hydrogen-bond donors (Lipinski definition) is 1. The first-order valence-corrected chi connectivity index (χ1v) is 11.2. The van der Waals surface area contributed by atoms with Crippen molar-refractivity contribution in [2.75, 3.05) is 0 Å². The van der Waals surface area contributed by atoms with Gasteiger partial charge in [-0.15, -0.1) is 0 Å². The summed E-state index contributed by atoms with van der Waals surface area (Å²) >= 11 is 0. The van der Waals surface area contributed by atoms with E-state index in [4.69, 9.17) is 0 Å². The van der Waals surface area contributed by atoms with Gasteiger partial charge in [0.2, 0.25) is 0 Å². The van der Waals surface area contributed by atoms with Crippen LogP contribution >= 0.6 is 0 Å². The molecule has 0 saturated heterocycles. The minimum atomic E-state index is -0.0457. The van der Waals surface area contributed by atoms with Crippen molar-refractivity contribution in [2.24, 2.45) is 0 Å². The van der Waals surface area contributed by atoms with Crippen molar-refractivity contribution < 1.29 is 4.79 Å². The van der Waals surface area contributed by atoms with E-state index in [1.807, 2.05) is 31.2 Å². The first-order chi connectivity index (χ1) is 15.0. The molecule has 6 nitrogen and oxygen atoms in total. The lowest BCUT2D eigenvalue weighted by Crippen LogP contribution is -2.36. The second kappa shape index (κ2) is 9.33. The van der Waals surface area contributed by atoms with E-state index >= 15 is 0 Å². The second-order valence-electron chi connectivity index (χ2n) is 8.39. The maximum atomic E-state index is 13.1. The van der Waals surface area contributed by atoms with Crippen LogP contribution in [0.3, 0.4) is 0 Å². The van der Waals surface area contributed by atoms with E-state index in [0.717, 1.165) is 42.6 Å². The van der Waals surface area contributed by atoms with Gasteiger partial charge in [-0.1, -0.05) is 55.0 Å². The highest BCUT2D eigenvalue weighted by molar-refractivity contribution is 5.96. The predicted octanol–water partition coefficient (Wildman–Crippen LogP) is 3.49. The Labute approximate surface area is 182 Å². The molecule has 6 heteroatoms. The molecule has 1 aromatic heterocycles. The van der Waals surface area contributed by atoms with Crippen molar-refractivity contribution in [1.82, 2.24) is 19.7 Å². The highest BCUT2D eigenvalue weighted by atomic mass is 16.2. The molecule has 0 saturated carbocycles. The zero-order valence-corrected chi connectivity index (χ0v) is 18.3. The van der Waals surface area contributed by atoms with Crippen LogP contribution in [0.2, 0.25) is 0 Å². The second-order valence-corrected chi connectivity index (χ2v) is 8.39. The minimum absolute atomic E-state index is 0.0284. The Balaban J connectivity index is 1.44. The molecule has 0 bridgehead atoms. The number of fused-ring (bicyclic) bond motifs is 1. The van der Waals surface area contributed by atoms with E-state index in [1.54, 1.807) is 9.25 Å². The van der Waals surface area contributed by atoms with Gasteiger partial charge >= 0.3 is 5.69 Å². The van der Waals surface area contributed by atoms with Crippen LogP contribution in [0.4, 0.5) is 0 Å². The monoisotopic (exact) mass is 418 g/mol. The average molecular weight is 419 g/mol. The van der Waals surface area contributed by atoms with Gasteiger partial charge in [0.05, 0.1) is 0 Å². The summed E-state index contributed by atoms with van der Waals surface area (Å²) in [5.74, 6) is 0.783. The SMILES string of the molecule is CCCn1nc2n(c1=O)CCC(NC(=O)c1ccccc1Cc1ccc(C)cc1)CC2. The number of hydrogen-bond acceptors (Lipinski definition) is 3. The van der Waals surface area contributed by atoms with Crippen LogP contribution in [0, 0.1) is 6.92 Å². The summed E-state index contributed by atoms with van der Waals surface area (Å²) in [6.45, 7) is 5.35. The zero-order valence-electron chi connectivity index (χ0n) is 18.3. The normalized spacial score (nSPS) is 15.9. The van der Waals surface area contributed by atoms with Crippen LogP contribution in [0.25, 0.3) is 0 Å². The molecule has 1 amide bonds. The van der Waals surface area contributed by atoms with Gasteiger partial charge in [-0.25, -0.2) is 9.48 Å². The van der Waals surface area contributed by atoms with Gasteiger partial charge in [0.15, 0.2) is 0 Å². The van der Waals surface area contributed by atoms with E-state index in [2.05, 4.69) is 41.6 Å². The Kier molecular flexibility index (Phi) is 6.35. The Morgan fingerprint density at radius 3 is 2.68 bits per heavy atom. The molecule has 0 radical (unpaired) electrons. The van der Waals surface area contributed by atoms with Crippen LogP contribution < -0.4 is 11.0 Å². The van der Waals surface area contributed by atoms with Gasteiger partial charge in [0, 0.05) is 31.1 Å². The van der Waals surface area contributed by atoms with Crippen LogP contribution in [0.1, 0.15) is 59.1 Å². The van der Waals surface area contributed by atoms with Crippen molar-refractivity contribution in [1.29, 1.82) is 0 Å². The molecule has 1 atom stereocenters. The quantitative estimate of drug-likeness (QED) is 0.666. The fourth-order valence-electron chi connectivity index (χ4n) is 4.21. The van der Waals surface area contributed by atoms with Gasteiger partial charge < -0.3 is 5.32 Å². The fraction of sp³-hybridized carbons (Fsp3) is 0.400. The maximum absolute atomic E-state index is 13.1. The summed E-state index contributed by atoms with van der Waals surface area (Å²) in [7, 11) is 0. The Bertz CT molecular complexity index is 1110. The molecule has 0 aliphatic carbocycles. The predicted molar refractivity (Wildman–Crippen MR) is 121 cm³/mol. The van der Waals surface area contributed by atoms with E-state index in [9.17, 15) is 9.59 Å². The van der Waals surface area contributed by atoms with Gasteiger partial charge in [-0.2, -0.15) is 5.10 Å². The first-order valence-electron chi connectivity index (χ1n) is 11.2. The van der Waals surface area contributed by atoms with Crippen LogP contribution in [-0.2, 0) is 25.9 Å². The Morgan fingerprint density at radius 2 is 1.90 bits per heavy atom. The third kappa shape index (κ3) is 4.79. The zero-order chi connectivity index (χ0) is 21.8. The van der Waals surface area contributed by atoms with Crippen molar-refractivity contribution in [3.8, 4) is 0 Å². The molecule has 0 spiro atoms. The third-order valence-corrected chi connectivity index (χ3v) is 5.96. The smallest absolute Gasteiger partial charge is 0.345 e. The number of benzene rings is 2. The van der Waals surface area contributed by atoms with Crippen LogP contribution in [0.15, 0.2) is 53.3 Å². The number of nitrogens with one attached hydrogen (secondary N) is 1. The van der Waals surface area contributed by atoms with Crippen molar-refractivity contribution in [2.45, 2.75) is 65.1 Å². The van der Waals surface area contributed by atoms with Gasteiger partial charge in [0.1, 0.15) is 5.82 Å². The average Bonchev–Trinajstić information content (AvgIpc) is 2.93. The number of aromatic nitrogens is 3. The lowest BCUT2D eigenvalue weighted by Gasteiger charge is -2.17. The molecule has 162 valence electrons. The highest BCUT2D eigenvalue weighted by Gasteiger charge is 2.23. The summed E-state index contributed by atoms with van der Waals surface area (Å²) in [5.41, 5.74) is 4.12. The minimum Gasteiger partial charge on any atom is -0.349 e. The fourth-order valence-corrected chi connectivity index (χ4v) is 4.21. The summed E-state index contributed by atoms with van der Waals surface area (Å²) in [6, 6.07) is 16.3. The summed E-state index contributed by atoms with van der Waals surface area (Å²) in [5, 5.41) is 7.70. The molecular weight excluding hydrogens is 388 g/mol. The highest BCUT2D eigenvalue weighted by Crippen LogP contribution is 2.17. The van der Waals surface area contributed by atoms with Crippen molar-refractivity contribution in [3.63, 3.8) is 0 Å². The number of aryl methyl sites for hydroxylation is 3. The molecule has 4 rings (SSSR count). The first kappa shape index (κ1) is 21.1. The molecule has 1 aliphatic rings. The van der Waals surface area contributed by atoms with E-state index < -0.39 is 0 Å². The molecule has 2 aromatic carbocycles. The summed E-state index contributed by atoms with van der Waals surface area (Å²) < 4.78 is 3.34. The van der Waals surface area contributed by atoms with E-state index in [-0.39, 0.29) is 17.6 Å². The number of carbonyl (C=O) groups is 1. The summed E-state index contributed by atoms with van der Waals surface area (Å²) in [4.78, 5) is 25.6. The molecule has 1 N–H and O–H groups in total. The number of nitrogens with zero attached hydrogens (tertiary/aromatic N) is 3. The molecule has 3 aromatic rings. The maximum Gasteiger partial charge on any atom is 0.345 e. The summed E-state index contributed by atoms with van der Waals surface area (Å²) in [6.07, 6.45) is 3.82. The number of rotatable bonds is 6. The topological polar surface area (TPSA) is 68.9 Å². The third-order valence-electron chi connectivity index (χ3n) is 5.96. The van der Waals surface area contributed by atoms with Crippen molar-refractivity contribution >= 4 is 5.91 Å². The lowest BCUT2D eigenvalue weighted by atomic mass is 9.98. The van der Waals surface area contributed by atoms with Gasteiger partial charge in [0.25, 0.3) is 5.91 Å². The van der Waals surface area contributed by atoms with Crippen LogP contribution in [-0.4, -0.2) is 26.3 Å². The number of amides is 1. The molecule has 31 heavy (non-hydrogen) atoms. The standard InChI is InChI=1S/C25H30N4O2/c1-3-15-29-25(31)28-16-14-21(12-13-23(28)27-29)26-24(30)22-7-5-4-6-20(22)17-19-10-8-18(2)9-11-19/h4-11,21H,3,12-17H2,1-2H3,(H,26,30). The molecule has 1 aliphatic heterocycles. The van der Waals surface area contributed by atoms with Gasteiger partial charge in [-0.3, -0.25) is 9.36 Å². The van der Waals surface area contributed by atoms with Crippen molar-refractivity contribution in [3.05, 3.63) is 87.1 Å². The number of carbonyl (C=O) groups excluding carboxylic acids is 1. The van der Waals surface area contributed by atoms with E-state index in [0.29, 0.717) is 19.5 Å². The van der Waals surface area contributed by atoms with Gasteiger partial charge in [-0.05, 0) is 49.8 Å². The van der Waals surface area contributed by atoms with Crippen LogP contribution in [0.5, 0.6) is 0 Å².